The molecule has 0 fully saturated rings. The molecule has 3 nitrogen and oxygen atoms in total. The van der Waals surface area contributed by atoms with Crippen molar-refractivity contribution in [1.82, 2.24) is 4.57 Å². The smallest absolute Gasteiger partial charge is 0.354 e. The van der Waals surface area contributed by atoms with Crippen LogP contribution in [0, 0.1) is 20.8 Å². The maximum atomic E-state index is 11.8. The van der Waals surface area contributed by atoms with Gasteiger partial charge in [0.25, 0.3) is 0 Å². The van der Waals surface area contributed by atoms with Crippen molar-refractivity contribution in [2.75, 3.05) is 7.11 Å². The van der Waals surface area contributed by atoms with Crippen LogP contribution >= 0.6 is 0 Å². The number of fused-ring (bicyclic) bond motifs is 1. The van der Waals surface area contributed by atoms with Crippen molar-refractivity contribution in [2.45, 2.75) is 20.8 Å². The number of carbonyl (C=O) groups is 1. The molecular weight excluding hydrogens is 214 g/mol. The second kappa shape index (κ2) is 3.91. The second-order valence-corrected chi connectivity index (χ2v) is 4.48. The summed E-state index contributed by atoms with van der Waals surface area (Å²) in [5.41, 5.74) is 5.16. The van der Waals surface area contributed by atoms with Crippen LogP contribution in [0.4, 0.5) is 0 Å². The third kappa shape index (κ3) is 1.62. The van der Waals surface area contributed by atoms with Crippen molar-refractivity contribution in [2.24, 2.45) is 7.05 Å². The molecule has 1 aromatic carbocycles. The predicted molar refractivity (Wildman–Crippen MR) is 68.5 cm³/mol. The fraction of sp³-hybridized carbons (Fsp3) is 0.357. The molecule has 0 N–H and O–H groups in total. The van der Waals surface area contributed by atoms with Gasteiger partial charge in [-0.2, -0.15) is 0 Å². The molecule has 90 valence electrons. The summed E-state index contributed by atoms with van der Waals surface area (Å²) >= 11 is 0. The normalized spacial score (nSPS) is 10.9. The van der Waals surface area contributed by atoms with E-state index in [1.807, 2.05) is 18.5 Å². The predicted octanol–water partition coefficient (Wildman–Crippen LogP) is 2.89. The zero-order valence-electron chi connectivity index (χ0n) is 10.9. The first-order valence-electron chi connectivity index (χ1n) is 5.62. The summed E-state index contributed by atoms with van der Waals surface area (Å²) in [4.78, 5) is 11.8. The third-order valence-corrected chi connectivity index (χ3v) is 3.45. The number of benzene rings is 1. The van der Waals surface area contributed by atoms with Crippen LogP contribution in [0.1, 0.15) is 27.2 Å². The number of methoxy groups -OCH3 is 1. The second-order valence-electron chi connectivity index (χ2n) is 4.48. The average Bonchev–Trinajstić information content (AvgIpc) is 2.52. The molecule has 0 radical (unpaired) electrons. The Morgan fingerprint density at radius 1 is 1.18 bits per heavy atom. The van der Waals surface area contributed by atoms with Gasteiger partial charge in [-0.15, -0.1) is 0 Å². The number of hydrogen-bond donors (Lipinski definition) is 0. The summed E-state index contributed by atoms with van der Waals surface area (Å²) in [5.74, 6) is -0.281. The highest BCUT2D eigenvalue weighted by Gasteiger charge is 2.19. The van der Waals surface area contributed by atoms with Gasteiger partial charge in [0, 0.05) is 18.0 Å². The highest BCUT2D eigenvalue weighted by Crippen LogP contribution is 2.27. The van der Waals surface area contributed by atoms with Gasteiger partial charge in [-0.25, -0.2) is 4.79 Å². The molecule has 17 heavy (non-hydrogen) atoms. The molecule has 0 aliphatic heterocycles. The highest BCUT2D eigenvalue weighted by atomic mass is 16.5. The summed E-state index contributed by atoms with van der Waals surface area (Å²) in [6.45, 7) is 6.12. The molecule has 0 saturated heterocycles. The Hall–Kier alpha value is -1.77. The zero-order chi connectivity index (χ0) is 12.7. The number of carbonyl (C=O) groups excluding carboxylic acids is 1. The minimum atomic E-state index is -0.281. The lowest BCUT2D eigenvalue weighted by atomic mass is 10.1. The Morgan fingerprint density at radius 3 is 2.35 bits per heavy atom. The van der Waals surface area contributed by atoms with Crippen molar-refractivity contribution in [3.8, 4) is 0 Å². The van der Waals surface area contributed by atoms with E-state index in [1.165, 1.54) is 18.2 Å². The van der Waals surface area contributed by atoms with Gasteiger partial charge in [0.1, 0.15) is 5.69 Å². The first kappa shape index (κ1) is 11.7. The molecule has 0 bridgehead atoms. The van der Waals surface area contributed by atoms with Gasteiger partial charge in [-0.3, -0.25) is 0 Å². The van der Waals surface area contributed by atoms with Gasteiger partial charge in [0.2, 0.25) is 0 Å². The van der Waals surface area contributed by atoms with E-state index in [1.54, 1.807) is 0 Å². The van der Waals surface area contributed by atoms with E-state index in [-0.39, 0.29) is 5.97 Å². The number of ether oxygens (including phenoxy) is 1. The standard InChI is InChI=1S/C14H17NO2/c1-8-6-11-10(3)13(14(16)17-5)15(4)12(11)7-9(8)2/h6-7H,1-5H3. The molecule has 1 heterocycles. The summed E-state index contributed by atoms with van der Waals surface area (Å²) in [7, 11) is 3.31. The van der Waals surface area contributed by atoms with E-state index >= 15 is 0 Å². The molecule has 0 unspecified atom stereocenters. The molecular formula is C14H17NO2. The fourth-order valence-electron chi connectivity index (χ4n) is 2.27. The minimum absolute atomic E-state index is 0.281. The Kier molecular flexibility index (Phi) is 2.69. The van der Waals surface area contributed by atoms with Crippen LogP contribution in [-0.4, -0.2) is 17.6 Å². The van der Waals surface area contributed by atoms with Gasteiger partial charge >= 0.3 is 5.97 Å². The molecule has 0 saturated carbocycles. The van der Waals surface area contributed by atoms with E-state index in [4.69, 9.17) is 4.74 Å². The molecule has 0 aliphatic rings. The maximum absolute atomic E-state index is 11.8. The third-order valence-electron chi connectivity index (χ3n) is 3.45. The molecule has 3 heteroatoms. The zero-order valence-corrected chi connectivity index (χ0v) is 10.9. The number of aryl methyl sites for hydroxylation is 4. The van der Waals surface area contributed by atoms with Gasteiger partial charge in [-0.1, -0.05) is 0 Å². The van der Waals surface area contributed by atoms with Gasteiger partial charge < -0.3 is 9.30 Å². The highest BCUT2D eigenvalue weighted by molar-refractivity contribution is 5.99. The topological polar surface area (TPSA) is 31.2 Å². The van der Waals surface area contributed by atoms with E-state index in [9.17, 15) is 4.79 Å². The van der Waals surface area contributed by atoms with E-state index in [0.717, 1.165) is 16.5 Å². The van der Waals surface area contributed by atoms with Gasteiger partial charge in [0.05, 0.1) is 7.11 Å². The first-order valence-corrected chi connectivity index (χ1v) is 5.62. The van der Waals surface area contributed by atoms with Crippen LogP contribution in [-0.2, 0) is 11.8 Å². The summed E-state index contributed by atoms with van der Waals surface area (Å²) in [6.07, 6.45) is 0. The Morgan fingerprint density at radius 2 is 1.76 bits per heavy atom. The molecule has 2 aromatic rings. The average molecular weight is 231 g/mol. The molecule has 0 atom stereocenters. The molecule has 2 rings (SSSR count). The summed E-state index contributed by atoms with van der Waals surface area (Å²) < 4.78 is 6.73. The number of esters is 1. The fourth-order valence-corrected chi connectivity index (χ4v) is 2.27. The molecule has 0 amide bonds. The van der Waals surface area contributed by atoms with Crippen molar-refractivity contribution in [1.29, 1.82) is 0 Å². The lowest BCUT2D eigenvalue weighted by Gasteiger charge is -2.03. The Labute approximate surface area is 101 Å². The van der Waals surface area contributed by atoms with Crippen LogP contribution in [0.5, 0.6) is 0 Å². The Balaban J connectivity index is 2.85. The van der Waals surface area contributed by atoms with Crippen molar-refractivity contribution >= 4 is 16.9 Å². The number of aromatic nitrogens is 1. The van der Waals surface area contributed by atoms with Crippen molar-refractivity contribution in [3.05, 3.63) is 34.5 Å². The molecule has 0 spiro atoms. The minimum Gasteiger partial charge on any atom is -0.464 e. The number of rotatable bonds is 1. The maximum Gasteiger partial charge on any atom is 0.354 e. The quantitative estimate of drug-likeness (QED) is 0.707. The van der Waals surface area contributed by atoms with Crippen molar-refractivity contribution in [3.63, 3.8) is 0 Å². The molecule has 0 aliphatic carbocycles. The van der Waals surface area contributed by atoms with Crippen molar-refractivity contribution < 1.29 is 9.53 Å². The van der Waals surface area contributed by atoms with Crippen LogP contribution in [0.2, 0.25) is 0 Å². The summed E-state index contributed by atoms with van der Waals surface area (Å²) in [5, 5.41) is 1.12. The Bertz CT molecular complexity index is 563. The van der Waals surface area contributed by atoms with Crippen LogP contribution in [0.3, 0.4) is 0 Å². The van der Waals surface area contributed by atoms with Crippen LogP contribution in [0.15, 0.2) is 12.1 Å². The van der Waals surface area contributed by atoms with Crippen LogP contribution in [0.25, 0.3) is 10.9 Å². The lowest BCUT2D eigenvalue weighted by Crippen LogP contribution is -2.08. The summed E-state index contributed by atoms with van der Waals surface area (Å²) in [6, 6.07) is 4.25. The van der Waals surface area contributed by atoms with E-state index in [2.05, 4.69) is 26.0 Å². The lowest BCUT2D eigenvalue weighted by molar-refractivity contribution is 0.0589. The number of hydrogen-bond acceptors (Lipinski definition) is 2. The van der Waals surface area contributed by atoms with Gasteiger partial charge in [-0.05, 0) is 49.6 Å². The monoisotopic (exact) mass is 231 g/mol. The van der Waals surface area contributed by atoms with Gasteiger partial charge in [0.15, 0.2) is 0 Å². The van der Waals surface area contributed by atoms with E-state index < -0.39 is 0 Å². The SMILES string of the molecule is COC(=O)c1c(C)c2cc(C)c(C)cc2n1C. The number of nitrogens with zero attached hydrogens (tertiary/aromatic N) is 1. The van der Waals surface area contributed by atoms with E-state index in [0.29, 0.717) is 5.69 Å². The molecule has 1 aromatic heterocycles. The first-order chi connectivity index (χ1) is 7.97. The van der Waals surface area contributed by atoms with Crippen LogP contribution < -0.4 is 0 Å². The largest absolute Gasteiger partial charge is 0.464 e.